The van der Waals surface area contributed by atoms with Gasteiger partial charge in [0, 0.05) is 0 Å². The van der Waals surface area contributed by atoms with Gasteiger partial charge >= 0.3 is 0 Å². The lowest BCUT2D eigenvalue weighted by Gasteiger charge is -2.09. The third-order valence-electron chi connectivity index (χ3n) is 2.31. The van der Waals surface area contributed by atoms with Gasteiger partial charge in [-0.05, 0) is 37.8 Å². The lowest BCUT2D eigenvalue weighted by molar-refractivity contribution is 0.450. The standard InChI is InChI=1S/C9H19N/c1-8(2)3-4-9-5-6-10-7-9/h8-10H,3-7H2,1-2H3/t9-/m0/s1. The van der Waals surface area contributed by atoms with Gasteiger partial charge in [0.1, 0.15) is 0 Å². The van der Waals surface area contributed by atoms with Crippen molar-refractivity contribution in [3.8, 4) is 0 Å². The van der Waals surface area contributed by atoms with Gasteiger partial charge < -0.3 is 5.32 Å². The van der Waals surface area contributed by atoms with Crippen molar-refractivity contribution in [2.75, 3.05) is 13.1 Å². The quantitative estimate of drug-likeness (QED) is 0.634. The van der Waals surface area contributed by atoms with Crippen molar-refractivity contribution in [3.63, 3.8) is 0 Å². The molecule has 1 fully saturated rings. The summed E-state index contributed by atoms with van der Waals surface area (Å²) in [5.74, 6) is 1.88. The first-order chi connectivity index (χ1) is 4.79. The van der Waals surface area contributed by atoms with Crippen LogP contribution in [0.3, 0.4) is 0 Å². The fraction of sp³-hybridized carbons (Fsp3) is 1.00. The fourth-order valence-corrected chi connectivity index (χ4v) is 1.53. The van der Waals surface area contributed by atoms with Gasteiger partial charge in [-0.25, -0.2) is 0 Å². The van der Waals surface area contributed by atoms with E-state index < -0.39 is 0 Å². The predicted molar refractivity (Wildman–Crippen MR) is 45.0 cm³/mol. The van der Waals surface area contributed by atoms with Gasteiger partial charge in [0.2, 0.25) is 0 Å². The molecule has 0 amide bonds. The highest BCUT2D eigenvalue weighted by molar-refractivity contribution is 4.71. The van der Waals surface area contributed by atoms with Crippen LogP contribution >= 0.6 is 0 Å². The van der Waals surface area contributed by atoms with E-state index in [-0.39, 0.29) is 0 Å². The van der Waals surface area contributed by atoms with Gasteiger partial charge in [-0.2, -0.15) is 0 Å². The molecule has 1 aliphatic rings. The molecule has 0 aliphatic carbocycles. The first-order valence-electron chi connectivity index (χ1n) is 4.49. The van der Waals surface area contributed by atoms with Gasteiger partial charge in [0.25, 0.3) is 0 Å². The second-order valence-electron chi connectivity index (χ2n) is 3.83. The maximum atomic E-state index is 3.40. The Hall–Kier alpha value is -0.0400. The second kappa shape index (κ2) is 3.97. The number of rotatable bonds is 3. The van der Waals surface area contributed by atoms with Gasteiger partial charge in [0.15, 0.2) is 0 Å². The van der Waals surface area contributed by atoms with Crippen molar-refractivity contribution in [1.82, 2.24) is 5.32 Å². The Morgan fingerprint density at radius 3 is 2.80 bits per heavy atom. The molecule has 1 atom stereocenters. The van der Waals surface area contributed by atoms with Crippen LogP contribution in [0.25, 0.3) is 0 Å². The highest BCUT2D eigenvalue weighted by atomic mass is 14.9. The summed E-state index contributed by atoms with van der Waals surface area (Å²) in [4.78, 5) is 0. The van der Waals surface area contributed by atoms with E-state index in [4.69, 9.17) is 0 Å². The van der Waals surface area contributed by atoms with Crippen LogP contribution in [-0.4, -0.2) is 13.1 Å². The van der Waals surface area contributed by atoms with Crippen molar-refractivity contribution >= 4 is 0 Å². The largest absolute Gasteiger partial charge is 0.316 e. The van der Waals surface area contributed by atoms with E-state index in [9.17, 15) is 0 Å². The maximum Gasteiger partial charge on any atom is -0.00200 e. The molecule has 1 saturated heterocycles. The van der Waals surface area contributed by atoms with E-state index in [0.29, 0.717) is 0 Å². The van der Waals surface area contributed by atoms with E-state index >= 15 is 0 Å². The summed E-state index contributed by atoms with van der Waals surface area (Å²) in [6.45, 7) is 7.14. The fourth-order valence-electron chi connectivity index (χ4n) is 1.53. The molecule has 0 unspecified atom stereocenters. The maximum absolute atomic E-state index is 3.40. The summed E-state index contributed by atoms with van der Waals surface area (Å²) < 4.78 is 0. The summed E-state index contributed by atoms with van der Waals surface area (Å²) in [6, 6.07) is 0. The molecular weight excluding hydrogens is 122 g/mol. The van der Waals surface area contributed by atoms with Crippen LogP contribution in [0.1, 0.15) is 33.1 Å². The first-order valence-corrected chi connectivity index (χ1v) is 4.49. The zero-order valence-electron chi connectivity index (χ0n) is 7.19. The number of hydrogen-bond donors (Lipinski definition) is 1. The molecule has 1 nitrogen and oxygen atoms in total. The molecule has 1 aliphatic heterocycles. The average molecular weight is 141 g/mol. The Kier molecular flexibility index (Phi) is 3.20. The number of nitrogens with one attached hydrogen (secondary N) is 1. The Morgan fingerprint density at radius 1 is 1.50 bits per heavy atom. The van der Waals surface area contributed by atoms with Crippen molar-refractivity contribution in [2.24, 2.45) is 11.8 Å². The summed E-state index contributed by atoms with van der Waals surface area (Å²) in [7, 11) is 0. The molecule has 1 N–H and O–H groups in total. The Labute approximate surface area is 64.2 Å². The Morgan fingerprint density at radius 2 is 2.30 bits per heavy atom. The molecule has 1 heterocycles. The van der Waals surface area contributed by atoms with Crippen LogP contribution < -0.4 is 5.32 Å². The van der Waals surface area contributed by atoms with Crippen LogP contribution in [0.4, 0.5) is 0 Å². The molecule has 0 bridgehead atoms. The second-order valence-corrected chi connectivity index (χ2v) is 3.83. The van der Waals surface area contributed by atoms with Crippen molar-refractivity contribution in [3.05, 3.63) is 0 Å². The minimum atomic E-state index is 0.889. The van der Waals surface area contributed by atoms with Gasteiger partial charge in [0.05, 0.1) is 0 Å². The molecule has 10 heavy (non-hydrogen) atoms. The highest BCUT2D eigenvalue weighted by Gasteiger charge is 2.13. The third kappa shape index (κ3) is 2.70. The van der Waals surface area contributed by atoms with Crippen LogP contribution in [-0.2, 0) is 0 Å². The van der Waals surface area contributed by atoms with E-state index in [0.717, 1.165) is 11.8 Å². The average Bonchev–Trinajstić information content (AvgIpc) is 2.34. The van der Waals surface area contributed by atoms with Gasteiger partial charge in [-0.3, -0.25) is 0 Å². The Bertz CT molecular complexity index is 82.7. The van der Waals surface area contributed by atoms with E-state index in [2.05, 4.69) is 19.2 Å². The van der Waals surface area contributed by atoms with Crippen molar-refractivity contribution < 1.29 is 0 Å². The summed E-state index contributed by atoms with van der Waals surface area (Å²) in [6.07, 6.45) is 4.25. The predicted octanol–water partition coefficient (Wildman–Crippen LogP) is 2.03. The molecule has 0 saturated carbocycles. The minimum absolute atomic E-state index is 0.889. The van der Waals surface area contributed by atoms with E-state index in [1.807, 2.05) is 0 Å². The Balaban J connectivity index is 2.01. The molecule has 60 valence electrons. The topological polar surface area (TPSA) is 12.0 Å². The zero-order chi connectivity index (χ0) is 7.40. The number of hydrogen-bond acceptors (Lipinski definition) is 1. The van der Waals surface area contributed by atoms with Crippen LogP contribution in [0.15, 0.2) is 0 Å². The molecule has 0 spiro atoms. The van der Waals surface area contributed by atoms with Crippen LogP contribution in [0.5, 0.6) is 0 Å². The monoisotopic (exact) mass is 141 g/mol. The van der Waals surface area contributed by atoms with Crippen LogP contribution in [0, 0.1) is 11.8 Å². The molecule has 1 rings (SSSR count). The SMILES string of the molecule is CC(C)CC[C@H]1CCNC1. The van der Waals surface area contributed by atoms with E-state index in [1.165, 1.54) is 32.4 Å². The normalized spacial score (nSPS) is 26.1. The first kappa shape index (κ1) is 8.06. The zero-order valence-corrected chi connectivity index (χ0v) is 7.19. The molecule has 0 radical (unpaired) electrons. The summed E-state index contributed by atoms with van der Waals surface area (Å²) in [5, 5.41) is 3.40. The van der Waals surface area contributed by atoms with E-state index in [1.54, 1.807) is 0 Å². The molecule has 1 heteroatoms. The molecule has 0 aromatic rings. The molecule has 0 aromatic carbocycles. The molecule has 0 aromatic heterocycles. The van der Waals surface area contributed by atoms with Gasteiger partial charge in [-0.1, -0.05) is 20.3 Å². The summed E-state index contributed by atoms with van der Waals surface area (Å²) >= 11 is 0. The lowest BCUT2D eigenvalue weighted by Crippen LogP contribution is -2.09. The van der Waals surface area contributed by atoms with Crippen LogP contribution in [0.2, 0.25) is 0 Å². The highest BCUT2D eigenvalue weighted by Crippen LogP contribution is 2.17. The smallest absolute Gasteiger partial charge is 0.00200 e. The van der Waals surface area contributed by atoms with Crippen molar-refractivity contribution in [1.29, 1.82) is 0 Å². The van der Waals surface area contributed by atoms with Crippen molar-refractivity contribution in [2.45, 2.75) is 33.1 Å². The minimum Gasteiger partial charge on any atom is -0.316 e. The van der Waals surface area contributed by atoms with Gasteiger partial charge in [-0.15, -0.1) is 0 Å². The molecular formula is C9H19N. The summed E-state index contributed by atoms with van der Waals surface area (Å²) in [5.41, 5.74) is 0. The lowest BCUT2D eigenvalue weighted by atomic mass is 9.97. The third-order valence-corrected chi connectivity index (χ3v) is 2.31.